The van der Waals surface area contributed by atoms with Gasteiger partial charge in [-0.05, 0) is 43.0 Å². The van der Waals surface area contributed by atoms with Crippen molar-refractivity contribution in [1.82, 2.24) is 15.0 Å². The fourth-order valence-electron chi connectivity index (χ4n) is 2.41. The molecule has 2 heterocycles. The van der Waals surface area contributed by atoms with Gasteiger partial charge >= 0.3 is 6.18 Å². The van der Waals surface area contributed by atoms with E-state index in [0.717, 1.165) is 12.1 Å². The molecule has 5 nitrogen and oxygen atoms in total. The number of hydrogen-bond donors (Lipinski definition) is 2. The second-order valence-electron chi connectivity index (χ2n) is 5.34. The fraction of sp³-hybridized carbons (Fsp3) is 0.188. The smallest absolute Gasteiger partial charge is 0.339 e. The molecule has 0 saturated carbocycles. The summed E-state index contributed by atoms with van der Waals surface area (Å²) in [5.74, 6) is 0.162. The Hall–Kier alpha value is -2.55. The van der Waals surface area contributed by atoms with Gasteiger partial charge in [-0.15, -0.1) is 0 Å². The standard InChI is InChI=1S/C16H13F3N4OS/c1-8-5-9(16(17,18)19)7-10(6-8)21-13-12-11(3-4-20-14(12)24)22-15(23-13)25-2/h3-7H,1-2H3,(H,20,24)(H,21,22,23). The van der Waals surface area contributed by atoms with E-state index >= 15 is 0 Å². The van der Waals surface area contributed by atoms with E-state index in [0.29, 0.717) is 16.2 Å². The second kappa shape index (κ2) is 6.40. The number of nitrogens with zero attached hydrogens (tertiary/aromatic N) is 2. The number of hydrogen-bond acceptors (Lipinski definition) is 5. The number of aryl methyl sites for hydroxylation is 1. The molecule has 2 N–H and O–H groups in total. The molecule has 130 valence electrons. The molecule has 9 heteroatoms. The Kier molecular flexibility index (Phi) is 4.42. The van der Waals surface area contributed by atoms with E-state index in [1.54, 1.807) is 25.3 Å². The Morgan fingerprint density at radius 3 is 2.64 bits per heavy atom. The van der Waals surface area contributed by atoms with Crippen LogP contribution in [0.5, 0.6) is 0 Å². The van der Waals surface area contributed by atoms with Gasteiger partial charge in [0.15, 0.2) is 5.16 Å². The first-order valence-corrected chi connectivity index (χ1v) is 8.40. The molecule has 2 aromatic heterocycles. The van der Waals surface area contributed by atoms with Crippen LogP contribution in [0, 0.1) is 6.92 Å². The molecular formula is C16H13F3N4OS. The number of benzene rings is 1. The van der Waals surface area contributed by atoms with Crippen LogP contribution in [0.1, 0.15) is 11.1 Å². The molecule has 0 fully saturated rings. The third kappa shape index (κ3) is 3.60. The minimum Gasteiger partial charge on any atom is -0.339 e. The van der Waals surface area contributed by atoms with Crippen LogP contribution in [-0.4, -0.2) is 21.2 Å². The molecule has 0 radical (unpaired) electrons. The van der Waals surface area contributed by atoms with Gasteiger partial charge in [0.1, 0.15) is 11.2 Å². The lowest BCUT2D eigenvalue weighted by molar-refractivity contribution is -0.137. The number of rotatable bonds is 3. The number of aromatic amines is 1. The monoisotopic (exact) mass is 366 g/mol. The Balaban J connectivity index is 2.15. The first-order chi connectivity index (χ1) is 11.8. The maximum atomic E-state index is 13.0. The average molecular weight is 366 g/mol. The molecule has 0 aliphatic rings. The van der Waals surface area contributed by atoms with Crippen LogP contribution in [0.4, 0.5) is 24.7 Å². The van der Waals surface area contributed by atoms with Crippen LogP contribution in [0.25, 0.3) is 10.9 Å². The van der Waals surface area contributed by atoms with E-state index < -0.39 is 17.3 Å². The lowest BCUT2D eigenvalue weighted by atomic mass is 10.1. The van der Waals surface area contributed by atoms with Crippen molar-refractivity contribution >= 4 is 34.2 Å². The topological polar surface area (TPSA) is 70.7 Å². The quantitative estimate of drug-likeness (QED) is 0.539. The lowest BCUT2D eigenvalue weighted by Gasteiger charge is -2.13. The van der Waals surface area contributed by atoms with E-state index in [-0.39, 0.29) is 16.9 Å². The molecule has 0 aliphatic carbocycles. The van der Waals surface area contributed by atoms with E-state index in [9.17, 15) is 18.0 Å². The molecule has 1 aromatic carbocycles. The summed E-state index contributed by atoms with van der Waals surface area (Å²) in [6.45, 7) is 1.57. The summed E-state index contributed by atoms with van der Waals surface area (Å²) in [7, 11) is 0. The van der Waals surface area contributed by atoms with Crippen molar-refractivity contribution < 1.29 is 13.2 Å². The molecule has 0 spiro atoms. The number of fused-ring (bicyclic) bond motifs is 1. The summed E-state index contributed by atoms with van der Waals surface area (Å²) in [5.41, 5.74) is -0.143. The van der Waals surface area contributed by atoms with Crippen LogP contribution in [0.3, 0.4) is 0 Å². The predicted octanol–water partition coefficient (Wildman–Crippen LogP) is 4.11. The predicted molar refractivity (Wildman–Crippen MR) is 91.4 cm³/mol. The number of H-pyrrole nitrogens is 1. The van der Waals surface area contributed by atoms with E-state index in [4.69, 9.17) is 0 Å². The van der Waals surface area contributed by atoms with Gasteiger partial charge in [0.05, 0.1) is 11.1 Å². The van der Waals surface area contributed by atoms with Crippen LogP contribution >= 0.6 is 11.8 Å². The van der Waals surface area contributed by atoms with Crippen LogP contribution in [0.15, 0.2) is 40.4 Å². The van der Waals surface area contributed by atoms with Crippen molar-refractivity contribution in [1.29, 1.82) is 0 Å². The van der Waals surface area contributed by atoms with Gasteiger partial charge in [-0.1, -0.05) is 11.8 Å². The SMILES string of the molecule is CSc1nc(Nc2cc(C)cc(C(F)(F)F)c2)c2c(=O)[nH]ccc2n1. The molecule has 0 amide bonds. The maximum absolute atomic E-state index is 13.0. The van der Waals surface area contributed by atoms with Gasteiger partial charge < -0.3 is 10.3 Å². The molecule has 0 saturated heterocycles. The molecule has 3 rings (SSSR count). The van der Waals surface area contributed by atoms with Crippen molar-refractivity contribution in [2.75, 3.05) is 11.6 Å². The minimum absolute atomic E-state index is 0.162. The minimum atomic E-state index is -4.46. The van der Waals surface area contributed by atoms with E-state index in [2.05, 4.69) is 20.3 Å². The van der Waals surface area contributed by atoms with E-state index in [1.807, 2.05) is 0 Å². The highest BCUT2D eigenvalue weighted by Crippen LogP contribution is 2.33. The molecule has 0 aliphatic heterocycles. The van der Waals surface area contributed by atoms with Crippen molar-refractivity contribution in [2.24, 2.45) is 0 Å². The number of alkyl halides is 3. The third-order valence-electron chi connectivity index (χ3n) is 3.45. The van der Waals surface area contributed by atoms with Crippen molar-refractivity contribution in [3.05, 3.63) is 51.9 Å². The van der Waals surface area contributed by atoms with Crippen molar-refractivity contribution in [2.45, 2.75) is 18.3 Å². The Labute approximate surface area is 144 Å². The number of thioether (sulfide) groups is 1. The summed E-state index contributed by atoms with van der Waals surface area (Å²) >= 11 is 1.27. The maximum Gasteiger partial charge on any atom is 0.416 e. The molecule has 25 heavy (non-hydrogen) atoms. The highest BCUT2D eigenvalue weighted by Gasteiger charge is 2.31. The van der Waals surface area contributed by atoms with Crippen molar-refractivity contribution in [3.63, 3.8) is 0 Å². The summed E-state index contributed by atoms with van der Waals surface area (Å²) in [4.78, 5) is 23.1. The van der Waals surface area contributed by atoms with Gasteiger partial charge in [-0.3, -0.25) is 4.79 Å². The van der Waals surface area contributed by atoms with Gasteiger partial charge in [0, 0.05) is 11.9 Å². The number of halogens is 3. The first kappa shape index (κ1) is 17.3. The van der Waals surface area contributed by atoms with Crippen LogP contribution in [0.2, 0.25) is 0 Å². The third-order valence-corrected chi connectivity index (χ3v) is 4.00. The highest BCUT2D eigenvalue weighted by atomic mass is 32.2. The van der Waals surface area contributed by atoms with Gasteiger partial charge in [-0.25, -0.2) is 9.97 Å². The number of anilines is 2. The Morgan fingerprint density at radius 1 is 1.20 bits per heavy atom. The molecule has 3 aromatic rings. The number of aromatic nitrogens is 3. The second-order valence-corrected chi connectivity index (χ2v) is 6.11. The zero-order valence-corrected chi connectivity index (χ0v) is 14.0. The fourth-order valence-corrected chi connectivity index (χ4v) is 2.78. The van der Waals surface area contributed by atoms with Gasteiger partial charge in [0.2, 0.25) is 0 Å². The largest absolute Gasteiger partial charge is 0.416 e. The van der Waals surface area contributed by atoms with E-state index in [1.165, 1.54) is 18.0 Å². The first-order valence-electron chi connectivity index (χ1n) is 7.17. The Morgan fingerprint density at radius 2 is 1.96 bits per heavy atom. The van der Waals surface area contributed by atoms with Crippen molar-refractivity contribution in [3.8, 4) is 0 Å². The Bertz CT molecular complexity index is 1000. The van der Waals surface area contributed by atoms with Gasteiger partial charge in [0.25, 0.3) is 5.56 Å². The molecule has 0 bridgehead atoms. The number of pyridine rings is 1. The zero-order chi connectivity index (χ0) is 18.2. The molecule has 0 unspecified atom stereocenters. The molecular weight excluding hydrogens is 353 g/mol. The summed E-state index contributed by atoms with van der Waals surface area (Å²) in [6.07, 6.45) is -1.23. The summed E-state index contributed by atoms with van der Waals surface area (Å²) in [6, 6.07) is 5.21. The zero-order valence-electron chi connectivity index (χ0n) is 13.2. The van der Waals surface area contributed by atoms with Crippen LogP contribution in [-0.2, 0) is 6.18 Å². The molecule has 0 atom stereocenters. The van der Waals surface area contributed by atoms with Crippen LogP contribution < -0.4 is 10.9 Å². The average Bonchev–Trinajstić information content (AvgIpc) is 2.53. The summed E-state index contributed by atoms with van der Waals surface area (Å²) in [5, 5.41) is 3.43. The normalized spacial score (nSPS) is 11.7. The summed E-state index contributed by atoms with van der Waals surface area (Å²) < 4.78 is 39.0. The lowest BCUT2D eigenvalue weighted by Crippen LogP contribution is -2.11. The van der Waals surface area contributed by atoms with Gasteiger partial charge in [-0.2, -0.15) is 13.2 Å². The number of nitrogens with one attached hydrogen (secondary N) is 2. The highest BCUT2D eigenvalue weighted by molar-refractivity contribution is 7.98.